The molecule has 1 aliphatic carbocycles. The van der Waals surface area contributed by atoms with Crippen LogP contribution in [-0.4, -0.2) is 26.4 Å². The maximum Gasteiger partial charge on any atom is 0.258 e. The standard InChI is InChI=1S/C36H56N2O2Si/c1-41(2,34-23-17-14-18-24-34)30-20-12-10-8-6-4-3-5-7-9-11-19-29-37-33-27-25-32(26-28-33)36(40)38-35(39)31-21-15-13-16-22-31/h13,15-16,21-22,25-28,34,37H,3-12,14,17-20,23-24,29-30H2,1-2H3,(H,38,39,40). The highest BCUT2D eigenvalue weighted by Gasteiger charge is 2.31. The molecule has 41 heavy (non-hydrogen) atoms. The first kappa shape index (κ1) is 33.1. The molecular weight excluding hydrogens is 520 g/mol. The molecule has 2 amide bonds. The van der Waals surface area contributed by atoms with Crippen molar-refractivity contribution in [2.45, 2.75) is 134 Å². The summed E-state index contributed by atoms with van der Waals surface area (Å²) in [7, 11) is -0.969. The molecule has 1 saturated carbocycles. The lowest BCUT2D eigenvalue weighted by molar-refractivity contribution is 0.0849. The topological polar surface area (TPSA) is 58.2 Å². The first-order valence-corrected chi connectivity index (χ1v) is 20.0. The number of anilines is 1. The number of hydrogen-bond acceptors (Lipinski definition) is 3. The van der Waals surface area contributed by atoms with Gasteiger partial charge in [-0.1, -0.05) is 140 Å². The fourth-order valence-electron chi connectivity index (χ4n) is 6.37. The second-order valence-corrected chi connectivity index (χ2v) is 18.3. The SMILES string of the molecule is C[Si](C)(CCCCCCCCCCCCCCNc1ccc(C(=O)NC(=O)c2ccccc2)cc1)C1CCCCC1. The predicted octanol–water partition coefficient (Wildman–Crippen LogP) is 10.4. The molecule has 0 radical (unpaired) electrons. The van der Waals surface area contributed by atoms with E-state index in [1.165, 1.54) is 103 Å². The molecule has 0 spiro atoms. The third kappa shape index (κ3) is 13.0. The third-order valence-electron chi connectivity index (χ3n) is 9.20. The second kappa shape index (κ2) is 18.9. The number of unbranched alkanes of at least 4 members (excludes halogenated alkanes) is 11. The summed E-state index contributed by atoms with van der Waals surface area (Å²) in [5, 5.41) is 5.89. The zero-order valence-corrected chi connectivity index (χ0v) is 27.0. The minimum Gasteiger partial charge on any atom is -0.385 e. The number of nitrogens with one attached hydrogen (secondary N) is 2. The second-order valence-electron chi connectivity index (χ2n) is 13.0. The van der Waals surface area contributed by atoms with E-state index in [2.05, 4.69) is 23.7 Å². The van der Waals surface area contributed by atoms with Crippen LogP contribution >= 0.6 is 0 Å². The molecule has 0 aromatic heterocycles. The minimum absolute atomic E-state index is 0.379. The molecule has 2 aromatic rings. The molecule has 4 nitrogen and oxygen atoms in total. The van der Waals surface area contributed by atoms with Crippen molar-refractivity contribution in [1.29, 1.82) is 0 Å². The Labute approximate surface area is 251 Å². The highest BCUT2D eigenvalue weighted by atomic mass is 28.3. The van der Waals surface area contributed by atoms with E-state index in [1.54, 1.807) is 42.4 Å². The van der Waals surface area contributed by atoms with Crippen molar-refractivity contribution in [2.75, 3.05) is 11.9 Å². The van der Waals surface area contributed by atoms with Crippen molar-refractivity contribution in [3.05, 3.63) is 65.7 Å². The van der Waals surface area contributed by atoms with Gasteiger partial charge in [0.1, 0.15) is 0 Å². The third-order valence-corrected chi connectivity index (χ3v) is 13.6. The van der Waals surface area contributed by atoms with Crippen molar-refractivity contribution in [3.63, 3.8) is 0 Å². The van der Waals surface area contributed by atoms with Gasteiger partial charge in [-0.05, 0) is 48.4 Å². The summed E-state index contributed by atoms with van der Waals surface area (Å²) in [5.74, 6) is -0.760. The molecule has 2 aromatic carbocycles. The normalized spacial score (nSPS) is 14.1. The number of imide groups is 1. The van der Waals surface area contributed by atoms with E-state index in [4.69, 9.17) is 0 Å². The van der Waals surface area contributed by atoms with Crippen LogP contribution in [0.3, 0.4) is 0 Å². The van der Waals surface area contributed by atoms with Crippen LogP contribution in [0.15, 0.2) is 54.6 Å². The number of hydrogen-bond donors (Lipinski definition) is 2. The summed E-state index contributed by atoms with van der Waals surface area (Å²) >= 11 is 0. The molecule has 2 N–H and O–H groups in total. The van der Waals surface area contributed by atoms with Crippen LogP contribution in [0, 0.1) is 0 Å². The maximum absolute atomic E-state index is 12.4. The molecule has 0 saturated heterocycles. The average molecular weight is 577 g/mol. The Morgan fingerprint density at radius 3 is 1.68 bits per heavy atom. The van der Waals surface area contributed by atoms with E-state index in [0.717, 1.165) is 24.2 Å². The Kier molecular flexibility index (Phi) is 15.3. The van der Waals surface area contributed by atoms with Gasteiger partial charge in [0.25, 0.3) is 11.8 Å². The summed E-state index contributed by atoms with van der Waals surface area (Å²) in [4.78, 5) is 24.5. The fourth-order valence-corrected chi connectivity index (χ4v) is 9.91. The first-order chi connectivity index (χ1) is 20.0. The number of amides is 2. The van der Waals surface area contributed by atoms with Crippen molar-refractivity contribution >= 4 is 25.6 Å². The minimum atomic E-state index is -0.969. The largest absolute Gasteiger partial charge is 0.385 e. The van der Waals surface area contributed by atoms with E-state index < -0.39 is 8.07 Å². The quantitative estimate of drug-likeness (QED) is 0.0993. The monoisotopic (exact) mass is 576 g/mol. The van der Waals surface area contributed by atoms with Gasteiger partial charge in [0.2, 0.25) is 0 Å². The molecule has 0 atom stereocenters. The summed E-state index contributed by atoms with van der Waals surface area (Å²) in [6, 6.07) is 17.7. The van der Waals surface area contributed by atoms with Crippen LogP contribution in [0.1, 0.15) is 130 Å². The Balaban J connectivity index is 1.11. The van der Waals surface area contributed by atoms with E-state index in [0.29, 0.717) is 11.1 Å². The Hall–Kier alpha value is -2.40. The van der Waals surface area contributed by atoms with Crippen LogP contribution in [0.25, 0.3) is 0 Å². The zero-order chi connectivity index (χ0) is 29.2. The smallest absolute Gasteiger partial charge is 0.258 e. The molecular formula is C36H56N2O2Si. The number of carbonyl (C=O) groups is 2. The predicted molar refractivity (Wildman–Crippen MR) is 178 cm³/mol. The molecule has 0 aliphatic heterocycles. The molecule has 226 valence electrons. The highest BCUT2D eigenvalue weighted by molar-refractivity contribution is 6.78. The molecule has 1 fully saturated rings. The molecule has 1 aliphatic rings. The number of rotatable bonds is 19. The van der Waals surface area contributed by atoms with Crippen LogP contribution in [0.4, 0.5) is 5.69 Å². The van der Waals surface area contributed by atoms with Crippen LogP contribution in [0.2, 0.25) is 24.7 Å². The van der Waals surface area contributed by atoms with Crippen LogP contribution in [-0.2, 0) is 0 Å². The summed E-state index contributed by atoms with van der Waals surface area (Å²) in [6.07, 6.45) is 24.1. The van der Waals surface area contributed by atoms with Crippen molar-refractivity contribution < 1.29 is 9.59 Å². The maximum atomic E-state index is 12.4. The Morgan fingerprint density at radius 2 is 1.12 bits per heavy atom. The summed E-state index contributed by atoms with van der Waals surface area (Å²) in [5.41, 5.74) is 3.08. The van der Waals surface area contributed by atoms with Gasteiger partial charge in [-0.25, -0.2) is 0 Å². The van der Waals surface area contributed by atoms with Gasteiger partial charge in [0.15, 0.2) is 0 Å². The average Bonchev–Trinajstić information content (AvgIpc) is 3.00. The van der Waals surface area contributed by atoms with Gasteiger partial charge in [-0.15, -0.1) is 0 Å². The van der Waals surface area contributed by atoms with E-state index >= 15 is 0 Å². The first-order valence-electron chi connectivity index (χ1n) is 16.7. The van der Waals surface area contributed by atoms with Gasteiger partial charge < -0.3 is 5.32 Å². The zero-order valence-electron chi connectivity index (χ0n) is 26.0. The van der Waals surface area contributed by atoms with Gasteiger partial charge in [0, 0.05) is 23.4 Å². The van der Waals surface area contributed by atoms with Gasteiger partial charge >= 0.3 is 0 Å². The molecule has 0 heterocycles. The lowest BCUT2D eigenvalue weighted by atomic mass is 10.0. The molecule has 3 rings (SSSR count). The van der Waals surface area contributed by atoms with E-state index in [9.17, 15) is 9.59 Å². The van der Waals surface area contributed by atoms with E-state index in [1.807, 2.05) is 18.2 Å². The van der Waals surface area contributed by atoms with Crippen LogP contribution < -0.4 is 10.6 Å². The van der Waals surface area contributed by atoms with Crippen molar-refractivity contribution in [3.8, 4) is 0 Å². The molecule has 5 heteroatoms. The lowest BCUT2D eigenvalue weighted by Gasteiger charge is -2.35. The number of carbonyl (C=O) groups excluding carboxylic acids is 2. The molecule has 0 bridgehead atoms. The molecule has 0 unspecified atom stereocenters. The highest BCUT2D eigenvalue weighted by Crippen LogP contribution is 2.39. The Morgan fingerprint density at radius 1 is 0.634 bits per heavy atom. The van der Waals surface area contributed by atoms with Gasteiger partial charge in [-0.2, -0.15) is 0 Å². The van der Waals surface area contributed by atoms with Crippen LogP contribution in [0.5, 0.6) is 0 Å². The lowest BCUT2D eigenvalue weighted by Crippen LogP contribution is -2.33. The fraction of sp³-hybridized carbons (Fsp3) is 0.611. The summed E-state index contributed by atoms with van der Waals surface area (Å²) < 4.78 is 0. The Bertz CT molecular complexity index is 1000. The van der Waals surface area contributed by atoms with Gasteiger partial charge in [-0.3, -0.25) is 14.9 Å². The van der Waals surface area contributed by atoms with E-state index in [-0.39, 0.29) is 11.8 Å². The number of benzene rings is 2. The van der Waals surface area contributed by atoms with Gasteiger partial charge in [0.05, 0.1) is 8.07 Å². The summed E-state index contributed by atoms with van der Waals surface area (Å²) in [6.45, 7) is 6.28. The van der Waals surface area contributed by atoms with Crippen molar-refractivity contribution in [1.82, 2.24) is 5.32 Å². The van der Waals surface area contributed by atoms with Crippen molar-refractivity contribution in [2.24, 2.45) is 0 Å².